The Balaban J connectivity index is 2.03. The lowest BCUT2D eigenvalue weighted by atomic mass is 9.89. The molecule has 1 aliphatic carbocycles. The molecule has 1 aliphatic heterocycles. The highest BCUT2D eigenvalue weighted by Gasteiger charge is 2.57. The minimum absolute atomic E-state index is 0.0737. The highest BCUT2D eigenvalue weighted by atomic mass is 19.4. The van der Waals surface area contributed by atoms with E-state index in [0.717, 1.165) is 6.42 Å². The lowest BCUT2D eigenvalue weighted by molar-refractivity contribution is -0.182. The fourth-order valence-corrected chi connectivity index (χ4v) is 1.80. The quantitative estimate of drug-likeness (QED) is 0.502. The first kappa shape index (κ1) is 7.40. The van der Waals surface area contributed by atoms with Crippen LogP contribution in [-0.2, 0) is 4.74 Å². The molecule has 0 spiro atoms. The molecular formula is C7H9F3O. The fraction of sp³-hybridized carbons (Fsp3) is 1.00. The Morgan fingerprint density at radius 2 is 1.91 bits per heavy atom. The first-order chi connectivity index (χ1) is 5.09. The monoisotopic (exact) mass is 166 g/mol. The normalized spacial score (nSPS) is 43.4. The van der Waals surface area contributed by atoms with Gasteiger partial charge < -0.3 is 4.74 Å². The van der Waals surface area contributed by atoms with E-state index in [1.165, 1.54) is 0 Å². The molecular weight excluding hydrogens is 157 g/mol. The lowest BCUT2D eigenvalue weighted by Crippen LogP contribution is -2.31. The van der Waals surface area contributed by atoms with Crippen LogP contribution in [0.5, 0.6) is 0 Å². The average molecular weight is 166 g/mol. The van der Waals surface area contributed by atoms with E-state index >= 15 is 0 Å². The highest BCUT2D eigenvalue weighted by Crippen LogP contribution is 2.47. The largest absolute Gasteiger partial charge is 0.394 e. The maximum atomic E-state index is 12.1. The number of epoxide rings is 1. The Morgan fingerprint density at radius 1 is 1.18 bits per heavy atom. The third-order valence-electron chi connectivity index (χ3n) is 2.44. The molecule has 0 bridgehead atoms. The van der Waals surface area contributed by atoms with Crippen molar-refractivity contribution in [3.8, 4) is 0 Å². The van der Waals surface area contributed by atoms with Gasteiger partial charge in [-0.25, -0.2) is 0 Å². The van der Waals surface area contributed by atoms with Crippen molar-refractivity contribution in [1.82, 2.24) is 0 Å². The van der Waals surface area contributed by atoms with Crippen molar-refractivity contribution in [2.45, 2.75) is 37.6 Å². The molecule has 1 nitrogen and oxygen atoms in total. The molecule has 2 fully saturated rings. The molecule has 1 saturated carbocycles. The second-order valence-corrected chi connectivity index (χ2v) is 3.22. The van der Waals surface area contributed by atoms with Gasteiger partial charge in [0, 0.05) is 0 Å². The molecule has 2 aliphatic rings. The Kier molecular flexibility index (Phi) is 1.43. The van der Waals surface area contributed by atoms with Crippen molar-refractivity contribution >= 4 is 0 Å². The van der Waals surface area contributed by atoms with Gasteiger partial charge in [0.1, 0.15) is 0 Å². The van der Waals surface area contributed by atoms with Crippen LogP contribution in [0, 0.1) is 5.92 Å². The molecule has 1 unspecified atom stereocenters. The number of alkyl halides is 3. The summed E-state index contributed by atoms with van der Waals surface area (Å²) in [4.78, 5) is 0. The zero-order valence-corrected chi connectivity index (χ0v) is 5.90. The van der Waals surface area contributed by atoms with Crippen LogP contribution < -0.4 is 0 Å². The number of ether oxygens (including phenoxy) is 1. The lowest BCUT2D eigenvalue weighted by Gasteiger charge is -2.20. The van der Waals surface area contributed by atoms with E-state index in [9.17, 15) is 13.2 Å². The molecule has 11 heavy (non-hydrogen) atoms. The molecule has 0 aromatic carbocycles. The van der Waals surface area contributed by atoms with Crippen LogP contribution in [-0.4, -0.2) is 18.4 Å². The minimum atomic E-state index is -4.04. The van der Waals surface area contributed by atoms with Gasteiger partial charge >= 0.3 is 6.18 Å². The third kappa shape index (κ3) is 1.24. The van der Waals surface area contributed by atoms with Crippen LogP contribution in [0.15, 0.2) is 0 Å². The molecule has 0 amide bonds. The van der Waals surface area contributed by atoms with Crippen molar-refractivity contribution in [2.75, 3.05) is 0 Å². The summed E-state index contributed by atoms with van der Waals surface area (Å²) in [6.07, 6.45) is -2.88. The van der Waals surface area contributed by atoms with Gasteiger partial charge in [-0.05, 0) is 12.8 Å². The predicted molar refractivity (Wildman–Crippen MR) is 32.1 cm³/mol. The molecule has 0 radical (unpaired) electrons. The Bertz CT molecular complexity index is 166. The Labute approximate surface area is 62.5 Å². The van der Waals surface area contributed by atoms with E-state index in [1.807, 2.05) is 0 Å². The summed E-state index contributed by atoms with van der Waals surface area (Å²) >= 11 is 0. The fourth-order valence-electron chi connectivity index (χ4n) is 1.80. The summed E-state index contributed by atoms with van der Waals surface area (Å²) in [6.45, 7) is 0. The maximum Gasteiger partial charge on any atom is 0.394 e. The number of rotatable bonds is 0. The Hall–Kier alpha value is -0.250. The van der Waals surface area contributed by atoms with E-state index < -0.39 is 18.2 Å². The molecule has 1 saturated heterocycles. The van der Waals surface area contributed by atoms with E-state index in [-0.39, 0.29) is 12.5 Å². The van der Waals surface area contributed by atoms with Crippen molar-refractivity contribution in [2.24, 2.45) is 5.92 Å². The highest BCUT2D eigenvalue weighted by molar-refractivity contribution is 4.97. The smallest absolute Gasteiger partial charge is 0.369 e. The third-order valence-corrected chi connectivity index (χ3v) is 2.44. The number of halogens is 3. The van der Waals surface area contributed by atoms with Crippen molar-refractivity contribution in [1.29, 1.82) is 0 Å². The molecule has 4 heteroatoms. The van der Waals surface area contributed by atoms with Crippen LogP contribution in [0.4, 0.5) is 13.2 Å². The van der Waals surface area contributed by atoms with Crippen molar-refractivity contribution in [3.05, 3.63) is 0 Å². The van der Waals surface area contributed by atoms with Gasteiger partial charge in [0.05, 0.1) is 18.1 Å². The number of hydrogen-bond acceptors (Lipinski definition) is 1. The van der Waals surface area contributed by atoms with Crippen LogP contribution in [0.3, 0.4) is 0 Å². The van der Waals surface area contributed by atoms with E-state index in [2.05, 4.69) is 0 Å². The SMILES string of the molecule is FC(F)(F)C1CCC[C@@H]2O[C@@H]12. The molecule has 0 N–H and O–H groups in total. The first-order valence-corrected chi connectivity index (χ1v) is 3.81. The van der Waals surface area contributed by atoms with Gasteiger partial charge in [0.15, 0.2) is 0 Å². The van der Waals surface area contributed by atoms with E-state index in [0.29, 0.717) is 6.42 Å². The van der Waals surface area contributed by atoms with Crippen LogP contribution in [0.2, 0.25) is 0 Å². The van der Waals surface area contributed by atoms with Crippen LogP contribution >= 0.6 is 0 Å². The van der Waals surface area contributed by atoms with E-state index in [1.54, 1.807) is 0 Å². The maximum absolute atomic E-state index is 12.1. The van der Waals surface area contributed by atoms with Gasteiger partial charge in [0.25, 0.3) is 0 Å². The molecule has 0 aromatic rings. The first-order valence-electron chi connectivity index (χ1n) is 3.81. The summed E-state index contributed by atoms with van der Waals surface area (Å²) in [5.41, 5.74) is 0. The topological polar surface area (TPSA) is 12.5 Å². The zero-order valence-electron chi connectivity index (χ0n) is 5.90. The standard InChI is InChI=1S/C7H9F3O/c8-7(9,10)4-2-1-3-5-6(4)11-5/h4-6H,1-3H2/t4?,5-,6-/m0/s1. The van der Waals surface area contributed by atoms with Gasteiger partial charge in [-0.2, -0.15) is 13.2 Å². The van der Waals surface area contributed by atoms with Crippen LogP contribution in [0.25, 0.3) is 0 Å². The molecule has 3 atom stereocenters. The molecule has 1 heterocycles. The minimum Gasteiger partial charge on any atom is -0.369 e. The second kappa shape index (κ2) is 2.12. The van der Waals surface area contributed by atoms with Gasteiger partial charge in [-0.15, -0.1) is 0 Å². The Morgan fingerprint density at radius 3 is 2.45 bits per heavy atom. The van der Waals surface area contributed by atoms with Gasteiger partial charge in [-0.1, -0.05) is 6.42 Å². The van der Waals surface area contributed by atoms with Gasteiger partial charge in [-0.3, -0.25) is 0 Å². The summed E-state index contributed by atoms with van der Waals surface area (Å²) < 4.78 is 41.3. The van der Waals surface area contributed by atoms with Gasteiger partial charge in [0.2, 0.25) is 0 Å². The summed E-state index contributed by atoms with van der Waals surface area (Å²) in [7, 11) is 0. The molecule has 64 valence electrons. The number of hydrogen-bond donors (Lipinski definition) is 0. The summed E-state index contributed by atoms with van der Waals surface area (Å²) in [6, 6.07) is 0. The van der Waals surface area contributed by atoms with E-state index in [4.69, 9.17) is 4.74 Å². The predicted octanol–water partition coefficient (Wildman–Crippen LogP) is 2.12. The number of fused-ring (bicyclic) bond motifs is 1. The molecule has 0 aromatic heterocycles. The zero-order chi connectivity index (χ0) is 8.06. The molecule has 2 rings (SSSR count). The van der Waals surface area contributed by atoms with Crippen LogP contribution in [0.1, 0.15) is 19.3 Å². The summed E-state index contributed by atoms with van der Waals surface area (Å²) in [5.74, 6) is -1.18. The average Bonchev–Trinajstić information content (AvgIpc) is 2.60. The second-order valence-electron chi connectivity index (χ2n) is 3.22. The van der Waals surface area contributed by atoms with Crippen molar-refractivity contribution in [3.63, 3.8) is 0 Å². The van der Waals surface area contributed by atoms with Crippen molar-refractivity contribution < 1.29 is 17.9 Å². The summed E-state index contributed by atoms with van der Waals surface area (Å²) in [5, 5.41) is 0.